The van der Waals surface area contributed by atoms with Crippen LogP contribution in [0.5, 0.6) is 5.75 Å². The van der Waals surface area contributed by atoms with E-state index in [1.807, 2.05) is 38.1 Å². The SMILES string of the molecule is CC(C)Oc1ccc(C(NN)c2cccc(F)c2Cl)cc1. The van der Waals surface area contributed by atoms with Gasteiger partial charge in [-0.15, -0.1) is 0 Å². The lowest BCUT2D eigenvalue weighted by Crippen LogP contribution is -2.29. The molecule has 3 nitrogen and oxygen atoms in total. The first-order valence-electron chi connectivity index (χ1n) is 6.69. The summed E-state index contributed by atoms with van der Waals surface area (Å²) >= 11 is 6.02. The summed E-state index contributed by atoms with van der Waals surface area (Å²) in [6, 6.07) is 11.7. The van der Waals surface area contributed by atoms with Crippen LogP contribution in [0.4, 0.5) is 4.39 Å². The van der Waals surface area contributed by atoms with E-state index in [9.17, 15) is 4.39 Å². The van der Waals surface area contributed by atoms with E-state index in [4.69, 9.17) is 22.2 Å². The number of hydrogen-bond donors (Lipinski definition) is 2. The minimum atomic E-state index is -0.464. The minimum Gasteiger partial charge on any atom is -0.491 e. The van der Waals surface area contributed by atoms with Crippen LogP contribution >= 0.6 is 11.6 Å². The van der Waals surface area contributed by atoms with Crippen molar-refractivity contribution in [3.05, 3.63) is 64.4 Å². The van der Waals surface area contributed by atoms with E-state index in [1.165, 1.54) is 6.07 Å². The molecule has 2 aromatic rings. The summed E-state index contributed by atoms with van der Waals surface area (Å²) in [4.78, 5) is 0. The predicted molar refractivity (Wildman–Crippen MR) is 82.8 cm³/mol. The molecule has 0 heterocycles. The highest BCUT2D eigenvalue weighted by Gasteiger charge is 2.17. The second-order valence-electron chi connectivity index (χ2n) is 4.98. The third-order valence-electron chi connectivity index (χ3n) is 3.04. The van der Waals surface area contributed by atoms with Crippen LogP contribution in [0, 0.1) is 5.82 Å². The van der Waals surface area contributed by atoms with E-state index in [1.54, 1.807) is 12.1 Å². The molecule has 5 heteroatoms. The van der Waals surface area contributed by atoms with Gasteiger partial charge in [-0.2, -0.15) is 0 Å². The zero-order valence-corrected chi connectivity index (χ0v) is 12.7. The summed E-state index contributed by atoms with van der Waals surface area (Å²) in [5.41, 5.74) is 4.14. The van der Waals surface area contributed by atoms with Crippen LogP contribution < -0.4 is 16.0 Å². The smallest absolute Gasteiger partial charge is 0.142 e. The zero-order chi connectivity index (χ0) is 15.4. The van der Waals surface area contributed by atoms with Gasteiger partial charge in [0.2, 0.25) is 0 Å². The van der Waals surface area contributed by atoms with Crippen LogP contribution in [0.2, 0.25) is 5.02 Å². The molecule has 0 amide bonds. The molecule has 0 aliphatic rings. The van der Waals surface area contributed by atoms with Crippen molar-refractivity contribution in [1.29, 1.82) is 0 Å². The van der Waals surface area contributed by atoms with Crippen molar-refractivity contribution >= 4 is 11.6 Å². The van der Waals surface area contributed by atoms with Gasteiger partial charge < -0.3 is 4.74 Å². The van der Waals surface area contributed by atoms with Gasteiger partial charge in [0.1, 0.15) is 11.6 Å². The van der Waals surface area contributed by atoms with Crippen molar-refractivity contribution in [3.63, 3.8) is 0 Å². The standard InChI is InChI=1S/C16H18ClFN2O/c1-10(2)21-12-8-6-11(7-9-12)16(20-19)13-4-3-5-14(18)15(13)17/h3-10,16,20H,19H2,1-2H3. The van der Waals surface area contributed by atoms with E-state index in [-0.39, 0.29) is 17.2 Å². The highest BCUT2D eigenvalue weighted by Crippen LogP contribution is 2.30. The van der Waals surface area contributed by atoms with Crippen LogP contribution in [-0.4, -0.2) is 6.10 Å². The Kier molecular flexibility index (Phi) is 5.17. The normalized spacial score (nSPS) is 12.5. The quantitative estimate of drug-likeness (QED) is 0.652. The maximum Gasteiger partial charge on any atom is 0.142 e. The molecule has 0 saturated heterocycles. The van der Waals surface area contributed by atoms with Crippen molar-refractivity contribution in [1.82, 2.24) is 5.43 Å². The average Bonchev–Trinajstić information content (AvgIpc) is 2.45. The molecular formula is C16H18ClFN2O. The lowest BCUT2D eigenvalue weighted by atomic mass is 9.99. The van der Waals surface area contributed by atoms with Gasteiger partial charge in [-0.05, 0) is 43.2 Å². The molecule has 1 unspecified atom stereocenters. The van der Waals surface area contributed by atoms with Gasteiger partial charge in [0.05, 0.1) is 17.2 Å². The summed E-state index contributed by atoms with van der Waals surface area (Å²) in [5.74, 6) is 5.92. The second kappa shape index (κ2) is 6.89. The molecular weight excluding hydrogens is 291 g/mol. The molecule has 21 heavy (non-hydrogen) atoms. The molecule has 0 aliphatic heterocycles. The minimum absolute atomic E-state index is 0.0722. The van der Waals surface area contributed by atoms with Gasteiger partial charge in [0.25, 0.3) is 0 Å². The number of ether oxygens (including phenoxy) is 1. The van der Waals surface area contributed by atoms with Crippen molar-refractivity contribution in [2.24, 2.45) is 5.84 Å². The Morgan fingerprint density at radius 2 is 1.81 bits per heavy atom. The number of nitrogens with one attached hydrogen (secondary N) is 1. The zero-order valence-electron chi connectivity index (χ0n) is 11.9. The van der Waals surface area contributed by atoms with Gasteiger partial charge in [-0.1, -0.05) is 35.9 Å². The Balaban J connectivity index is 2.31. The Morgan fingerprint density at radius 3 is 2.38 bits per heavy atom. The molecule has 0 radical (unpaired) electrons. The second-order valence-corrected chi connectivity index (χ2v) is 5.36. The summed E-state index contributed by atoms with van der Waals surface area (Å²) in [6.07, 6.45) is 0.108. The van der Waals surface area contributed by atoms with Crippen molar-refractivity contribution in [2.75, 3.05) is 0 Å². The fraction of sp³-hybridized carbons (Fsp3) is 0.250. The first-order chi connectivity index (χ1) is 10.0. The first kappa shape index (κ1) is 15.8. The number of hydrazine groups is 1. The van der Waals surface area contributed by atoms with E-state index in [0.29, 0.717) is 5.56 Å². The van der Waals surface area contributed by atoms with Gasteiger partial charge in [0, 0.05) is 0 Å². The Hall–Kier alpha value is -1.62. The molecule has 2 rings (SSSR count). The third-order valence-corrected chi connectivity index (χ3v) is 3.44. The topological polar surface area (TPSA) is 47.3 Å². The molecule has 0 aliphatic carbocycles. The lowest BCUT2D eigenvalue weighted by Gasteiger charge is -2.19. The van der Waals surface area contributed by atoms with Crippen LogP contribution in [0.25, 0.3) is 0 Å². The van der Waals surface area contributed by atoms with Crippen LogP contribution in [-0.2, 0) is 0 Å². The van der Waals surface area contributed by atoms with E-state index >= 15 is 0 Å². The fourth-order valence-electron chi connectivity index (χ4n) is 2.12. The summed E-state index contributed by atoms with van der Waals surface area (Å²) in [7, 11) is 0. The summed E-state index contributed by atoms with van der Waals surface area (Å²) < 4.78 is 19.2. The van der Waals surface area contributed by atoms with Crippen molar-refractivity contribution in [3.8, 4) is 5.75 Å². The van der Waals surface area contributed by atoms with E-state index in [2.05, 4.69) is 5.43 Å². The molecule has 0 aromatic heterocycles. The van der Waals surface area contributed by atoms with Crippen LogP contribution in [0.15, 0.2) is 42.5 Å². The van der Waals surface area contributed by atoms with Crippen LogP contribution in [0.3, 0.4) is 0 Å². The van der Waals surface area contributed by atoms with Gasteiger partial charge >= 0.3 is 0 Å². The van der Waals surface area contributed by atoms with Crippen LogP contribution in [0.1, 0.15) is 31.0 Å². The number of benzene rings is 2. The number of hydrogen-bond acceptors (Lipinski definition) is 3. The van der Waals surface area contributed by atoms with E-state index in [0.717, 1.165) is 11.3 Å². The van der Waals surface area contributed by atoms with E-state index < -0.39 is 5.82 Å². The van der Waals surface area contributed by atoms with Crippen molar-refractivity contribution < 1.29 is 9.13 Å². The number of nitrogens with two attached hydrogens (primary N) is 1. The first-order valence-corrected chi connectivity index (χ1v) is 7.07. The van der Waals surface area contributed by atoms with Crippen molar-refractivity contribution in [2.45, 2.75) is 26.0 Å². The highest BCUT2D eigenvalue weighted by atomic mass is 35.5. The fourth-order valence-corrected chi connectivity index (χ4v) is 2.36. The molecule has 112 valence electrons. The molecule has 0 saturated carbocycles. The Labute approximate surface area is 128 Å². The molecule has 0 fully saturated rings. The monoisotopic (exact) mass is 308 g/mol. The average molecular weight is 309 g/mol. The molecule has 3 N–H and O–H groups in total. The summed E-state index contributed by atoms with van der Waals surface area (Å²) in [5, 5.41) is 0.0722. The maximum absolute atomic E-state index is 13.6. The predicted octanol–water partition coefficient (Wildman–Crippen LogP) is 3.82. The maximum atomic E-state index is 13.6. The molecule has 2 aromatic carbocycles. The highest BCUT2D eigenvalue weighted by molar-refractivity contribution is 6.31. The number of rotatable bonds is 5. The molecule has 1 atom stereocenters. The van der Waals surface area contributed by atoms with Gasteiger partial charge in [0.15, 0.2) is 0 Å². The van der Waals surface area contributed by atoms with Gasteiger partial charge in [-0.25, -0.2) is 9.82 Å². The third kappa shape index (κ3) is 3.73. The largest absolute Gasteiger partial charge is 0.491 e. The molecule has 0 bridgehead atoms. The van der Waals surface area contributed by atoms with Gasteiger partial charge in [-0.3, -0.25) is 5.84 Å². The Morgan fingerprint density at radius 1 is 1.14 bits per heavy atom. The summed E-state index contributed by atoms with van der Waals surface area (Å²) in [6.45, 7) is 3.93. The number of halogens is 2. The molecule has 0 spiro atoms. The Bertz CT molecular complexity index is 602. The lowest BCUT2D eigenvalue weighted by molar-refractivity contribution is 0.242.